The molecule has 0 saturated heterocycles. The number of rotatable bonds is 2. The molecule has 2 aromatic carbocycles. The van der Waals surface area contributed by atoms with E-state index in [1.165, 1.54) is 30.6 Å². The van der Waals surface area contributed by atoms with Gasteiger partial charge in [0.2, 0.25) is 0 Å². The second-order valence-corrected chi connectivity index (χ2v) is 5.14. The first-order valence-electron chi connectivity index (χ1n) is 6.92. The minimum Gasteiger partial charge on any atom is -0.329 e. The molecule has 0 N–H and O–H groups in total. The van der Waals surface area contributed by atoms with E-state index in [0.29, 0.717) is 22.7 Å². The summed E-state index contributed by atoms with van der Waals surface area (Å²) < 4.78 is 28.9. The molecule has 4 aromatic rings. The fourth-order valence-corrected chi connectivity index (χ4v) is 2.59. The predicted molar refractivity (Wildman–Crippen MR) is 82.7 cm³/mol. The van der Waals surface area contributed by atoms with Crippen LogP contribution in [-0.4, -0.2) is 26.6 Å². The van der Waals surface area contributed by atoms with Gasteiger partial charge in [-0.25, -0.2) is 8.78 Å². The monoisotopic (exact) mass is 311 g/mol. The Morgan fingerprint density at radius 1 is 1.04 bits per heavy atom. The van der Waals surface area contributed by atoms with E-state index in [9.17, 15) is 8.78 Å². The first kappa shape index (κ1) is 13.6. The van der Waals surface area contributed by atoms with Gasteiger partial charge in [0.05, 0.1) is 5.52 Å². The summed E-state index contributed by atoms with van der Waals surface area (Å²) in [6, 6.07) is 10.5. The summed E-state index contributed by atoms with van der Waals surface area (Å²) in [5, 5.41) is 8.38. The van der Waals surface area contributed by atoms with E-state index in [1.54, 1.807) is 34.5 Å². The average molecular weight is 311 g/mol. The SMILES string of the molecule is CN(c1cccc(F)c1)c1nc2nncn2c2ccc(F)cc12. The number of hydrogen-bond acceptors (Lipinski definition) is 4. The van der Waals surface area contributed by atoms with E-state index in [4.69, 9.17) is 0 Å². The van der Waals surface area contributed by atoms with E-state index < -0.39 is 0 Å². The molecule has 23 heavy (non-hydrogen) atoms. The van der Waals surface area contributed by atoms with Crippen LogP contribution in [0.25, 0.3) is 16.7 Å². The lowest BCUT2D eigenvalue weighted by Gasteiger charge is -2.20. The molecule has 0 unspecified atom stereocenters. The van der Waals surface area contributed by atoms with Gasteiger partial charge in [-0.3, -0.25) is 4.40 Å². The average Bonchev–Trinajstić information content (AvgIpc) is 3.01. The summed E-state index contributed by atoms with van der Waals surface area (Å²) in [4.78, 5) is 6.13. The van der Waals surface area contributed by atoms with Crippen LogP contribution in [0.3, 0.4) is 0 Å². The molecule has 2 heterocycles. The summed E-state index contributed by atoms with van der Waals surface area (Å²) in [5.41, 5.74) is 1.33. The second-order valence-electron chi connectivity index (χ2n) is 5.14. The van der Waals surface area contributed by atoms with E-state index in [-0.39, 0.29) is 11.6 Å². The minimum atomic E-state index is -0.374. The standard InChI is InChI=1S/C16H11F2N5/c1-22(12-4-2-3-10(17)7-12)15-13-8-11(18)5-6-14(13)23-9-19-21-16(23)20-15/h2-9H,1H3. The number of halogens is 2. The Balaban J connectivity index is 2.02. The highest BCUT2D eigenvalue weighted by atomic mass is 19.1. The molecule has 7 heteroatoms. The zero-order valence-electron chi connectivity index (χ0n) is 12.1. The number of benzene rings is 2. The van der Waals surface area contributed by atoms with Crippen LogP contribution < -0.4 is 4.90 Å². The maximum absolute atomic E-state index is 13.7. The first-order valence-corrected chi connectivity index (χ1v) is 6.92. The van der Waals surface area contributed by atoms with Crippen LogP contribution in [0.2, 0.25) is 0 Å². The fraction of sp³-hybridized carbons (Fsp3) is 0.0625. The quantitative estimate of drug-likeness (QED) is 0.570. The van der Waals surface area contributed by atoms with Crippen LogP contribution in [0.1, 0.15) is 0 Å². The third kappa shape index (κ3) is 2.17. The molecule has 0 bridgehead atoms. The first-order chi connectivity index (χ1) is 11.1. The molecular weight excluding hydrogens is 300 g/mol. The molecular formula is C16H11F2N5. The van der Waals surface area contributed by atoms with Crippen LogP contribution >= 0.6 is 0 Å². The Labute approximate surface area is 129 Å². The molecule has 0 radical (unpaired) electrons. The van der Waals surface area contributed by atoms with Crippen molar-refractivity contribution in [2.75, 3.05) is 11.9 Å². The molecule has 0 aliphatic rings. The van der Waals surface area contributed by atoms with Crippen LogP contribution in [0.4, 0.5) is 20.3 Å². The molecule has 0 fully saturated rings. The molecule has 2 aromatic heterocycles. The Morgan fingerprint density at radius 3 is 2.70 bits per heavy atom. The van der Waals surface area contributed by atoms with Crippen molar-refractivity contribution in [2.45, 2.75) is 0 Å². The topological polar surface area (TPSA) is 46.3 Å². The molecule has 0 amide bonds. The van der Waals surface area contributed by atoms with E-state index in [2.05, 4.69) is 15.2 Å². The van der Waals surface area contributed by atoms with E-state index >= 15 is 0 Å². The van der Waals surface area contributed by atoms with Crippen molar-refractivity contribution in [3.8, 4) is 0 Å². The maximum atomic E-state index is 13.7. The van der Waals surface area contributed by atoms with Gasteiger partial charge in [0.1, 0.15) is 23.8 Å². The third-order valence-electron chi connectivity index (χ3n) is 3.71. The van der Waals surface area contributed by atoms with Gasteiger partial charge in [0.15, 0.2) is 0 Å². The molecule has 4 rings (SSSR count). The van der Waals surface area contributed by atoms with Gasteiger partial charge in [0.25, 0.3) is 5.78 Å². The Kier molecular flexibility index (Phi) is 2.94. The van der Waals surface area contributed by atoms with Crippen LogP contribution in [-0.2, 0) is 0 Å². The number of hydrogen-bond donors (Lipinski definition) is 0. The van der Waals surface area contributed by atoms with Crippen LogP contribution in [0, 0.1) is 11.6 Å². The van der Waals surface area contributed by atoms with Crippen LogP contribution in [0.5, 0.6) is 0 Å². The van der Waals surface area contributed by atoms with Gasteiger partial charge in [0, 0.05) is 18.1 Å². The zero-order chi connectivity index (χ0) is 16.0. The lowest BCUT2D eigenvalue weighted by molar-refractivity contribution is 0.627. The van der Waals surface area contributed by atoms with Crippen LogP contribution in [0.15, 0.2) is 48.8 Å². The molecule has 0 spiro atoms. The summed E-state index contributed by atoms with van der Waals surface area (Å²) >= 11 is 0. The summed E-state index contributed by atoms with van der Waals surface area (Å²) in [6.45, 7) is 0. The van der Waals surface area contributed by atoms with Crippen molar-refractivity contribution in [3.05, 3.63) is 60.4 Å². The highest BCUT2D eigenvalue weighted by molar-refractivity contribution is 5.93. The van der Waals surface area contributed by atoms with Crippen molar-refractivity contribution in [1.29, 1.82) is 0 Å². The lowest BCUT2D eigenvalue weighted by atomic mass is 10.2. The highest BCUT2D eigenvalue weighted by Crippen LogP contribution is 2.30. The number of nitrogens with zero attached hydrogens (tertiary/aromatic N) is 5. The summed E-state index contributed by atoms with van der Waals surface area (Å²) in [5.74, 6) is 0.141. The Hall–Kier alpha value is -3.09. The van der Waals surface area contributed by atoms with Crippen molar-refractivity contribution < 1.29 is 8.78 Å². The Morgan fingerprint density at radius 2 is 1.87 bits per heavy atom. The molecule has 114 valence electrons. The summed E-state index contributed by atoms with van der Waals surface area (Å²) in [7, 11) is 1.74. The van der Waals surface area contributed by atoms with Gasteiger partial charge >= 0.3 is 0 Å². The maximum Gasteiger partial charge on any atom is 0.257 e. The molecule has 5 nitrogen and oxygen atoms in total. The van der Waals surface area contributed by atoms with Crippen molar-refractivity contribution in [3.63, 3.8) is 0 Å². The molecule has 0 aliphatic heterocycles. The van der Waals surface area contributed by atoms with Gasteiger partial charge in [-0.1, -0.05) is 6.07 Å². The van der Waals surface area contributed by atoms with Gasteiger partial charge < -0.3 is 4.90 Å². The van der Waals surface area contributed by atoms with Gasteiger partial charge in [-0.2, -0.15) is 4.98 Å². The molecule has 0 aliphatic carbocycles. The number of fused-ring (bicyclic) bond motifs is 3. The minimum absolute atomic E-state index is 0.353. The molecule has 0 saturated carbocycles. The number of anilines is 2. The zero-order valence-corrected chi connectivity index (χ0v) is 12.1. The highest BCUT2D eigenvalue weighted by Gasteiger charge is 2.15. The van der Waals surface area contributed by atoms with E-state index in [1.807, 2.05) is 0 Å². The van der Waals surface area contributed by atoms with Crippen molar-refractivity contribution in [2.24, 2.45) is 0 Å². The predicted octanol–water partition coefficient (Wildman–Crippen LogP) is 3.32. The molecule has 0 atom stereocenters. The smallest absolute Gasteiger partial charge is 0.257 e. The largest absolute Gasteiger partial charge is 0.329 e. The van der Waals surface area contributed by atoms with Gasteiger partial charge in [-0.15, -0.1) is 10.2 Å². The Bertz CT molecular complexity index is 1030. The van der Waals surface area contributed by atoms with Crippen molar-refractivity contribution >= 4 is 28.2 Å². The lowest BCUT2D eigenvalue weighted by Crippen LogP contribution is -2.13. The summed E-state index contributed by atoms with van der Waals surface area (Å²) in [6.07, 6.45) is 1.52. The van der Waals surface area contributed by atoms with Crippen molar-refractivity contribution in [1.82, 2.24) is 19.6 Å². The fourth-order valence-electron chi connectivity index (χ4n) is 2.59. The normalized spacial score (nSPS) is 11.3. The number of aromatic nitrogens is 4. The van der Waals surface area contributed by atoms with E-state index in [0.717, 1.165) is 5.52 Å². The third-order valence-corrected chi connectivity index (χ3v) is 3.71. The second kappa shape index (κ2) is 4.98. The van der Waals surface area contributed by atoms with Gasteiger partial charge in [-0.05, 0) is 36.4 Å².